The van der Waals surface area contributed by atoms with Gasteiger partial charge in [-0.15, -0.1) is 0 Å². The van der Waals surface area contributed by atoms with E-state index in [1.165, 1.54) is 5.56 Å². The van der Waals surface area contributed by atoms with Gasteiger partial charge < -0.3 is 11.1 Å². The lowest BCUT2D eigenvalue weighted by Crippen LogP contribution is -2.47. The van der Waals surface area contributed by atoms with Crippen LogP contribution in [0.2, 0.25) is 5.02 Å². The lowest BCUT2D eigenvalue weighted by atomic mass is 9.75. The van der Waals surface area contributed by atoms with Gasteiger partial charge in [0.15, 0.2) is 0 Å². The van der Waals surface area contributed by atoms with E-state index in [2.05, 4.69) is 17.4 Å². The molecule has 0 atom stereocenters. The average Bonchev–Trinajstić information content (AvgIpc) is 2.29. The summed E-state index contributed by atoms with van der Waals surface area (Å²) in [6, 6.07) is 8.55. The zero-order chi connectivity index (χ0) is 14.0. The van der Waals surface area contributed by atoms with Crippen molar-refractivity contribution in [2.45, 2.75) is 38.6 Å². The number of hydrogen-bond acceptors (Lipinski definition) is 2. The molecule has 0 aromatic heterocycles. The van der Waals surface area contributed by atoms with E-state index >= 15 is 0 Å². The van der Waals surface area contributed by atoms with Crippen molar-refractivity contribution in [1.29, 1.82) is 0 Å². The standard InChI is InChI=1S/C15H21ClN2O/c1-15(2,14(17)19)9-18-13-7-11(8-13)10-3-5-12(16)6-4-10/h3-6,11,13,18H,7-9H2,1-2H3,(H2,17,19). The molecule has 3 N–H and O–H groups in total. The molecule has 0 unspecified atom stereocenters. The van der Waals surface area contributed by atoms with Crippen LogP contribution in [0, 0.1) is 5.41 Å². The second-order valence-electron chi connectivity index (χ2n) is 6.05. The molecular weight excluding hydrogens is 260 g/mol. The minimum absolute atomic E-state index is 0.256. The van der Waals surface area contributed by atoms with Crippen molar-refractivity contribution in [1.82, 2.24) is 5.32 Å². The first-order chi connectivity index (χ1) is 8.88. The molecule has 0 saturated heterocycles. The van der Waals surface area contributed by atoms with Crippen LogP contribution in [-0.4, -0.2) is 18.5 Å². The Kier molecular flexibility index (Phi) is 4.16. The summed E-state index contributed by atoms with van der Waals surface area (Å²) in [7, 11) is 0. The molecule has 0 heterocycles. The molecule has 1 aromatic carbocycles. The highest BCUT2D eigenvalue weighted by Gasteiger charge is 2.32. The van der Waals surface area contributed by atoms with Crippen molar-refractivity contribution < 1.29 is 4.79 Å². The molecule has 0 spiro atoms. The van der Waals surface area contributed by atoms with Gasteiger partial charge in [0.1, 0.15) is 0 Å². The Morgan fingerprint density at radius 1 is 1.37 bits per heavy atom. The molecule has 19 heavy (non-hydrogen) atoms. The lowest BCUT2D eigenvalue weighted by Gasteiger charge is -2.38. The highest BCUT2D eigenvalue weighted by Crippen LogP contribution is 2.37. The summed E-state index contributed by atoms with van der Waals surface area (Å²) in [4.78, 5) is 11.2. The Morgan fingerprint density at radius 2 is 1.95 bits per heavy atom. The fourth-order valence-electron chi connectivity index (χ4n) is 2.28. The quantitative estimate of drug-likeness (QED) is 0.871. The zero-order valence-electron chi connectivity index (χ0n) is 11.4. The largest absolute Gasteiger partial charge is 0.369 e. The van der Waals surface area contributed by atoms with Crippen LogP contribution >= 0.6 is 11.6 Å². The average molecular weight is 281 g/mol. The third-order valence-electron chi connectivity index (χ3n) is 3.98. The van der Waals surface area contributed by atoms with E-state index in [9.17, 15) is 4.79 Å². The summed E-state index contributed by atoms with van der Waals surface area (Å²) < 4.78 is 0. The van der Waals surface area contributed by atoms with Crippen molar-refractivity contribution in [2.24, 2.45) is 11.1 Å². The van der Waals surface area contributed by atoms with E-state index < -0.39 is 5.41 Å². The van der Waals surface area contributed by atoms with Crippen molar-refractivity contribution in [2.75, 3.05) is 6.54 Å². The summed E-state index contributed by atoms with van der Waals surface area (Å²) in [6.45, 7) is 4.38. The summed E-state index contributed by atoms with van der Waals surface area (Å²) in [5, 5.41) is 4.20. The summed E-state index contributed by atoms with van der Waals surface area (Å²) in [5.74, 6) is 0.347. The third kappa shape index (κ3) is 3.48. The van der Waals surface area contributed by atoms with Crippen LogP contribution in [0.4, 0.5) is 0 Å². The Morgan fingerprint density at radius 3 is 2.47 bits per heavy atom. The molecule has 104 valence electrons. The maximum atomic E-state index is 11.2. The van der Waals surface area contributed by atoms with Crippen molar-refractivity contribution >= 4 is 17.5 Å². The topological polar surface area (TPSA) is 55.1 Å². The molecule has 1 saturated carbocycles. The fraction of sp³-hybridized carbons (Fsp3) is 0.533. The lowest BCUT2D eigenvalue weighted by molar-refractivity contribution is -0.125. The number of hydrogen-bond donors (Lipinski definition) is 2. The monoisotopic (exact) mass is 280 g/mol. The van der Waals surface area contributed by atoms with Crippen LogP contribution in [0.5, 0.6) is 0 Å². The van der Waals surface area contributed by atoms with Crippen molar-refractivity contribution in [3.05, 3.63) is 34.9 Å². The number of amides is 1. The first-order valence-electron chi connectivity index (χ1n) is 6.67. The number of nitrogens with two attached hydrogens (primary N) is 1. The minimum atomic E-state index is -0.481. The van der Waals surface area contributed by atoms with E-state index in [0.717, 1.165) is 17.9 Å². The van der Waals surface area contributed by atoms with E-state index in [-0.39, 0.29) is 5.91 Å². The van der Waals surface area contributed by atoms with Gasteiger partial charge in [0, 0.05) is 17.6 Å². The van der Waals surface area contributed by atoms with Gasteiger partial charge in [-0.1, -0.05) is 23.7 Å². The smallest absolute Gasteiger partial charge is 0.224 e. The third-order valence-corrected chi connectivity index (χ3v) is 4.23. The van der Waals surface area contributed by atoms with E-state index in [1.807, 2.05) is 26.0 Å². The molecular formula is C15H21ClN2O. The van der Waals surface area contributed by atoms with Gasteiger partial charge in [0.25, 0.3) is 0 Å². The molecule has 1 aliphatic rings. The Bertz CT molecular complexity index is 450. The predicted molar refractivity (Wildman–Crippen MR) is 78.2 cm³/mol. The molecule has 1 aromatic rings. The molecule has 0 bridgehead atoms. The van der Waals surface area contributed by atoms with Gasteiger partial charge in [0.2, 0.25) is 5.91 Å². The van der Waals surface area contributed by atoms with Crippen molar-refractivity contribution in [3.8, 4) is 0 Å². The molecule has 0 radical (unpaired) electrons. The van der Waals surface area contributed by atoms with E-state index in [1.54, 1.807) is 0 Å². The van der Waals surface area contributed by atoms with Crippen LogP contribution in [0.1, 0.15) is 38.2 Å². The summed E-state index contributed by atoms with van der Waals surface area (Å²) in [6.07, 6.45) is 2.22. The van der Waals surface area contributed by atoms with Crippen LogP contribution in [-0.2, 0) is 4.79 Å². The van der Waals surface area contributed by atoms with E-state index in [0.29, 0.717) is 18.5 Å². The Labute approximate surface area is 119 Å². The molecule has 3 nitrogen and oxygen atoms in total. The normalized spacial score (nSPS) is 22.9. The van der Waals surface area contributed by atoms with Crippen LogP contribution < -0.4 is 11.1 Å². The molecule has 1 amide bonds. The van der Waals surface area contributed by atoms with Gasteiger partial charge in [-0.05, 0) is 50.3 Å². The molecule has 4 heteroatoms. The fourth-order valence-corrected chi connectivity index (χ4v) is 2.40. The summed E-state index contributed by atoms with van der Waals surface area (Å²) >= 11 is 5.88. The second-order valence-corrected chi connectivity index (χ2v) is 6.48. The highest BCUT2D eigenvalue weighted by molar-refractivity contribution is 6.30. The van der Waals surface area contributed by atoms with Gasteiger partial charge in [-0.3, -0.25) is 4.79 Å². The van der Waals surface area contributed by atoms with Gasteiger partial charge in [-0.2, -0.15) is 0 Å². The number of benzene rings is 1. The SMILES string of the molecule is CC(C)(CNC1CC(c2ccc(Cl)cc2)C1)C(N)=O. The van der Waals surface area contributed by atoms with E-state index in [4.69, 9.17) is 17.3 Å². The zero-order valence-corrected chi connectivity index (χ0v) is 12.2. The Balaban J connectivity index is 1.78. The first-order valence-corrected chi connectivity index (χ1v) is 7.05. The van der Waals surface area contributed by atoms with Gasteiger partial charge in [-0.25, -0.2) is 0 Å². The Hall–Kier alpha value is -1.06. The second kappa shape index (κ2) is 5.51. The molecule has 2 rings (SSSR count). The van der Waals surface area contributed by atoms with Crippen LogP contribution in [0.15, 0.2) is 24.3 Å². The summed E-state index contributed by atoms with van der Waals surface area (Å²) in [5.41, 5.74) is 6.22. The molecule has 1 aliphatic carbocycles. The number of halogens is 1. The first kappa shape index (κ1) is 14.4. The number of rotatable bonds is 5. The van der Waals surface area contributed by atoms with Crippen molar-refractivity contribution in [3.63, 3.8) is 0 Å². The number of carbonyl (C=O) groups is 1. The van der Waals surface area contributed by atoms with Crippen LogP contribution in [0.25, 0.3) is 0 Å². The maximum absolute atomic E-state index is 11.2. The minimum Gasteiger partial charge on any atom is -0.369 e. The highest BCUT2D eigenvalue weighted by atomic mass is 35.5. The number of carbonyl (C=O) groups excluding carboxylic acids is 1. The molecule has 1 fully saturated rings. The van der Waals surface area contributed by atoms with Crippen LogP contribution in [0.3, 0.4) is 0 Å². The molecule has 0 aliphatic heterocycles. The number of primary amides is 1. The van der Waals surface area contributed by atoms with Gasteiger partial charge >= 0.3 is 0 Å². The number of nitrogens with one attached hydrogen (secondary N) is 1. The predicted octanol–water partition coefficient (Wildman–Crippen LogP) is 2.69. The maximum Gasteiger partial charge on any atom is 0.224 e. The van der Waals surface area contributed by atoms with Gasteiger partial charge in [0.05, 0.1) is 5.41 Å².